The van der Waals surface area contributed by atoms with Gasteiger partial charge < -0.3 is 9.15 Å². The van der Waals surface area contributed by atoms with Crippen LogP contribution in [-0.2, 0) is 14.3 Å². The molecule has 0 aliphatic heterocycles. The van der Waals surface area contributed by atoms with Crippen molar-refractivity contribution in [1.29, 1.82) is 5.26 Å². The lowest BCUT2D eigenvalue weighted by molar-refractivity contribution is -0.144. The number of furan rings is 1. The van der Waals surface area contributed by atoms with Crippen LogP contribution in [-0.4, -0.2) is 24.2 Å². The van der Waals surface area contributed by atoms with Gasteiger partial charge in [-0.2, -0.15) is 5.26 Å². The van der Waals surface area contributed by atoms with Crippen LogP contribution in [0.4, 0.5) is 5.88 Å². The number of ether oxygens (including phenoxy) is 1. The number of anilines is 1. The van der Waals surface area contributed by atoms with Gasteiger partial charge in [0.15, 0.2) is 6.61 Å². The molecule has 36 heavy (non-hydrogen) atoms. The molecule has 0 aliphatic carbocycles. The summed E-state index contributed by atoms with van der Waals surface area (Å²) in [5, 5.41) is 12.5. The number of benzene rings is 3. The number of carbonyl (C=O) groups is 2. The van der Waals surface area contributed by atoms with Crippen molar-refractivity contribution in [1.82, 2.24) is 0 Å². The second-order valence-corrected chi connectivity index (χ2v) is 9.14. The zero-order chi connectivity index (χ0) is 25.5. The Balaban J connectivity index is 1.47. The first-order valence-corrected chi connectivity index (χ1v) is 12.3. The Hall–Kier alpha value is -4.28. The van der Waals surface area contributed by atoms with Crippen molar-refractivity contribution < 1.29 is 18.7 Å². The van der Waals surface area contributed by atoms with Crippen molar-refractivity contribution >= 4 is 29.5 Å². The van der Waals surface area contributed by atoms with E-state index >= 15 is 0 Å². The molecule has 1 aromatic heterocycles. The number of amides is 1. The number of carbonyl (C=O) groups excluding carboxylic acids is 2. The van der Waals surface area contributed by atoms with E-state index in [1.807, 2.05) is 92.7 Å². The van der Waals surface area contributed by atoms with Crippen LogP contribution in [0.25, 0.3) is 22.5 Å². The van der Waals surface area contributed by atoms with E-state index in [1.54, 1.807) is 0 Å². The number of hydrogen-bond donors (Lipinski definition) is 1. The van der Waals surface area contributed by atoms with E-state index in [2.05, 4.69) is 11.4 Å². The topological polar surface area (TPSA) is 92.3 Å². The molecule has 6 nitrogen and oxygen atoms in total. The quantitative estimate of drug-likeness (QED) is 0.225. The molecule has 1 N–H and O–H groups in total. The Labute approximate surface area is 213 Å². The minimum Gasteiger partial charge on any atom is -0.455 e. The Morgan fingerprint density at radius 2 is 1.64 bits per heavy atom. The SMILES string of the molecule is Cc1ccc(C)c(SCC(=O)OCC(=O)Nc2oc(-c3ccccc3)c(-c3ccccc3)c2C#N)c1. The second-order valence-electron chi connectivity index (χ2n) is 8.12. The predicted molar refractivity (Wildman–Crippen MR) is 141 cm³/mol. The van der Waals surface area contributed by atoms with E-state index in [9.17, 15) is 14.9 Å². The van der Waals surface area contributed by atoms with Crippen LogP contribution in [0.15, 0.2) is 88.2 Å². The summed E-state index contributed by atoms with van der Waals surface area (Å²) in [6.07, 6.45) is 0. The summed E-state index contributed by atoms with van der Waals surface area (Å²) in [6.45, 7) is 3.48. The summed E-state index contributed by atoms with van der Waals surface area (Å²) in [7, 11) is 0. The molecular weight excluding hydrogens is 472 g/mol. The van der Waals surface area contributed by atoms with E-state index in [0.29, 0.717) is 11.3 Å². The number of aryl methyl sites for hydroxylation is 2. The summed E-state index contributed by atoms with van der Waals surface area (Å²) in [5.74, 6) is -0.537. The Morgan fingerprint density at radius 1 is 0.972 bits per heavy atom. The zero-order valence-electron chi connectivity index (χ0n) is 19.9. The Bertz CT molecular complexity index is 1420. The van der Waals surface area contributed by atoms with Crippen LogP contribution in [0.3, 0.4) is 0 Å². The maximum Gasteiger partial charge on any atom is 0.316 e. The van der Waals surface area contributed by atoms with Gasteiger partial charge in [-0.25, -0.2) is 0 Å². The van der Waals surface area contributed by atoms with Gasteiger partial charge in [-0.1, -0.05) is 78.4 Å². The minimum atomic E-state index is -0.593. The van der Waals surface area contributed by atoms with Crippen molar-refractivity contribution in [2.45, 2.75) is 18.7 Å². The largest absolute Gasteiger partial charge is 0.455 e. The monoisotopic (exact) mass is 496 g/mol. The van der Waals surface area contributed by atoms with Gasteiger partial charge in [-0.15, -0.1) is 11.8 Å². The summed E-state index contributed by atoms with van der Waals surface area (Å²) in [6, 6.07) is 26.9. The summed E-state index contributed by atoms with van der Waals surface area (Å²) in [4.78, 5) is 25.8. The van der Waals surface area contributed by atoms with Gasteiger partial charge in [0, 0.05) is 16.0 Å². The lowest BCUT2D eigenvalue weighted by Crippen LogP contribution is -2.21. The smallest absolute Gasteiger partial charge is 0.316 e. The van der Waals surface area contributed by atoms with E-state index in [-0.39, 0.29) is 17.2 Å². The van der Waals surface area contributed by atoms with Gasteiger partial charge in [-0.05, 0) is 31.0 Å². The van der Waals surface area contributed by atoms with Gasteiger partial charge in [-0.3, -0.25) is 14.9 Å². The van der Waals surface area contributed by atoms with Crippen molar-refractivity contribution in [2.75, 3.05) is 17.7 Å². The number of esters is 1. The molecular formula is C29H24N2O4S. The normalized spacial score (nSPS) is 10.5. The van der Waals surface area contributed by atoms with Gasteiger partial charge in [0.05, 0.1) is 5.75 Å². The maximum atomic E-state index is 12.6. The average Bonchev–Trinajstić information content (AvgIpc) is 3.27. The maximum absolute atomic E-state index is 12.6. The van der Waals surface area contributed by atoms with Crippen molar-refractivity contribution in [3.63, 3.8) is 0 Å². The van der Waals surface area contributed by atoms with Gasteiger partial charge >= 0.3 is 5.97 Å². The lowest BCUT2D eigenvalue weighted by atomic mass is 9.98. The first-order chi connectivity index (χ1) is 17.5. The average molecular weight is 497 g/mol. The molecule has 0 atom stereocenters. The molecule has 0 unspecified atom stereocenters. The van der Waals surface area contributed by atoms with Crippen LogP contribution in [0, 0.1) is 25.2 Å². The molecule has 4 aromatic rings. The predicted octanol–water partition coefficient (Wildman–Crippen LogP) is 6.38. The Kier molecular flexibility index (Phi) is 7.89. The second kappa shape index (κ2) is 11.4. The third-order valence-corrected chi connectivity index (χ3v) is 6.56. The molecule has 1 heterocycles. The standard InChI is InChI=1S/C29H24N2O4S/c1-19-13-14-20(2)24(15-19)36-18-26(33)34-17-25(32)31-29-23(16-30)27(21-9-5-3-6-10-21)28(35-29)22-11-7-4-8-12-22/h3-15H,17-18H2,1-2H3,(H,31,32). The van der Waals surface area contributed by atoms with Gasteiger partial charge in [0.2, 0.25) is 5.88 Å². The van der Waals surface area contributed by atoms with Crippen molar-refractivity contribution in [2.24, 2.45) is 0 Å². The number of hydrogen-bond acceptors (Lipinski definition) is 6. The van der Waals surface area contributed by atoms with Crippen LogP contribution in [0.1, 0.15) is 16.7 Å². The van der Waals surface area contributed by atoms with E-state index < -0.39 is 18.5 Å². The third kappa shape index (κ3) is 5.85. The molecule has 0 bridgehead atoms. The Morgan fingerprint density at radius 3 is 2.31 bits per heavy atom. The zero-order valence-corrected chi connectivity index (χ0v) is 20.7. The highest BCUT2D eigenvalue weighted by molar-refractivity contribution is 8.00. The first kappa shape index (κ1) is 24.8. The fourth-order valence-electron chi connectivity index (χ4n) is 3.65. The lowest BCUT2D eigenvalue weighted by Gasteiger charge is -2.07. The molecule has 0 saturated heterocycles. The highest BCUT2D eigenvalue weighted by Crippen LogP contribution is 2.41. The molecule has 0 spiro atoms. The minimum absolute atomic E-state index is 0.0148. The highest BCUT2D eigenvalue weighted by atomic mass is 32.2. The summed E-state index contributed by atoms with van der Waals surface area (Å²) in [5.41, 5.74) is 4.51. The number of thioether (sulfide) groups is 1. The van der Waals surface area contributed by atoms with Crippen LogP contribution in [0.5, 0.6) is 0 Å². The molecule has 3 aromatic carbocycles. The fourth-order valence-corrected chi connectivity index (χ4v) is 4.57. The number of nitriles is 1. The molecule has 0 saturated carbocycles. The molecule has 180 valence electrons. The number of nitrogens with one attached hydrogen (secondary N) is 1. The van der Waals surface area contributed by atoms with Crippen molar-refractivity contribution in [3.05, 3.63) is 95.6 Å². The van der Waals surface area contributed by atoms with Crippen LogP contribution >= 0.6 is 11.8 Å². The van der Waals surface area contributed by atoms with E-state index in [0.717, 1.165) is 27.1 Å². The van der Waals surface area contributed by atoms with Crippen molar-refractivity contribution in [3.8, 4) is 28.5 Å². The molecule has 7 heteroatoms. The van der Waals surface area contributed by atoms with E-state index in [1.165, 1.54) is 11.8 Å². The van der Waals surface area contributed by atoms with E-state index in [4.69, 9.17) is 9.15 Å². The third-order valence-electron chi connectivity index (χ3n) is 5.42. The highest BCUT2D eigenvalue weighted by Gasteiger charge is 2.24. The molecule has 4 rings (SSSR count). The molecule has 0 aliphatic rings. The molecule has 0 radical (unpaired) electrons. The molecule has 1 amide bonds. The van der Waals surface area contributed by atoms with Crippen LogP contribution in [0.2, 0.25) is 0 Å². The first-order valence-electron chi connectivity index (χ1n) is 11.3. The fraction of sp³-hybridized carbons (Fsp3) is 0.138. The van der Waals surface area contributed by atoms with Crippen LogP contribution < -0.4 is 5.32 Å². The number of nitrogens with zero attached hydrogens (tertiary/aromatic N) is 1. The number of rotatable bonds is 8. The van der Waals surface area contributed by atoms with Gasteiger partial charge in [0.25, 0.3) is 5.91 Å². The summed E-state index contributed by atoms with van der Waals surface area (Å²) >= 11 is 1.36. The molecule has 0 fully saturated rings. The summed E-state index contributed by atoms with van der Waals surface area (Å²) < 4.78 is 11.1. The van der Waals surface area contributed by atoms with Gasteiger partial charge in [0.1, 0.15) is 17.4 Å².